The van der Waals surface area contributed by atoms with Gasteiger partial charge in [-0.3, -0.25) is 9.97 Å². The molecule has 0 aliphatic heterocycles. The van der Waals surface area contributed by atoms with E-state index < -0.39 is 0 Å². The van der Waals surface area contributed by atoms with E-state index in [1.165, 1.54) is 11.7 Å². The molecule has 0 spiro atoms. The lowest BCUT2D eigenvalue weighted by Crippen LogP contribution is -2.07. The Bertz CT molecular complexity index is 3240. The van der Waals surface area contributed by atoms with Gasteiger partial charge in [-0.05, 0) is 84.9 Å². The molecule has 0 saturated heterocycles. The first kappa shape index (κ1) is 35.5. The molecule has 0 saturated carbocycles. The highest BCUT2D eigenvalue weighted by atomic mass is 32.1. The van der Waals surface area contributed by atoms with Crippen molar-refractivity contribution in [3.8, 4) is 20.9 Å². The summed E-state index contributed by atoms with van der Waals surface area (Å²) in [5, 5.41) is 4.08. The van der Waals surface area contributed by atoms with Crippen LogP contribution in [0.15, 0.2) is 182 Å². The molecule has 0 aliphatic rings. The van der Waals surface area contributed by atoms with Crippen molar-refractivity contribution in [1.29, 1.82) is 0 Å². The van der Waals surface area contributed by atoms with Gasteiger partial charge in [-0.2, -0.15) is 8.75 Å². The van der Waals surface area contributed by atoms with Gasteiger partial charge in [0.15, 0.2) is 0 Å². The number of hydrogen-bond acceptors (Lipinski definition) is 11. The van der Waals surface area contributed by atoms with E-state index in [4.69, 9.17) is 28.7 Å². The highest BCUT2D eigenvalue weighted by molar-refractivity contribution is 7.20. The van der Waals surface area contributed by atoms with Crippen LogP contribution < -0.4 is 9.80 Å². The third-order valence-corrected chi connectivity index (χ3v) is 13.6. The standard InChI is InChI=1S/C50H30N8S3/c1-5-15-31(16-6-1)57(32-17-7-2-8-18-32)39-27-25-37(59-39)41-45-46(54-50-44-36(24-14-30-52-44)35-23-13-29-51-43(35)49(50)53-45)42(48-47(41)55-61-56-48)38-26-28-40(60-38)58(33-19-9-3-10-20-33)34-21-11-4-12-22-34/h1-30H. The predicted octanol–water partition coefficient (Wildman–Crippen LogP) is 14.3. The Kier molecular flexibility index (Phi) is 8.54. The summed E-state index contributed by atoms with van der Waals surface area (Å²) in [6, 6.07) is 58.7. The number of nitrogens with zero attached hydrogens (tertiary/aromatic N) is 8. The van der Waals surface area contributed by atoms with Gasteiger partial charge in [0.2, 0.25) is 0 Å². The van der Waals surface area contributed by atoms with Crippen molar-refractivity contribution in [2.24, 2.45) is 0 Å². The molecule has 6 aromatic carbocycles. The second-order valence-corrected chi connectivity index (χ2v) is 17.1. The molecule has 0 radical (unpaired) electrons. The Balaban J connectivity index is 1.14. The second-order valence-electron chi connectivity index (χ2n) is 14.4. The lowest BCUT2D eigenvalue weighted by Gasteiger charge is -2.23. The molecule has 12 aromatic rings. The summed E-state index contributed by atoms with van der Waals surface area (Å²) >= 11 is 4.61. The molecule has 11 heteroatoms. The fraction of sp³-hybridized carbons (Fsp3) is 0. The average molecular weight is 839 g/mol. The Morgan fingerprint density at radius 3 is 1.08 bits per heavy atom. The molecule has 6 aromatic heterocycles. The minimum absolute atomic E-state index is 0.696. The SMILES string of the molecule is c1ccc(N(c2ccccc2)c2ccc(-c3c4nsnc4c(-c4ccc(N(c5ccccc5)c5ccccc5)s4)c4nc5c6ncccc6c6cccnc6c5nc34)s2)cc1. The van der Waals surface area contributed by atoms with Gasteiger partial charge < -0.3 is 9.80 Å². The molecule has 0 N–H and O–H groups in total. The number of rotatable bonds is 8. The van der Waals surface area contributed by atoms with Crippen molar-refractivity contribution in [2.75, 3.05) is 9.80 Å². The van der Waals surface area contributed by atoms with Crippen LogP contribution in [0.5, 0.6) is 0 Å². The van der Waals surface area contributed by atoms with Crippen molar-refractivity contribution in [3.05, 3.63) is 182 Å². The fourth-order valence-corrected chi connectivity index (χ4v) is 11.0. The smallest absolute Gasteiger partial charge is 0.118 e. The monoisotopic (exact) mass is 838 g/mol. The molecule has 0 fully saturated rings. The van der Waals surface area contributed by atoms with E-state index >= 15 is 0 Å². The average Bonchev–Trinajstić information content (AvgIpc) is 4.13. The topological polar surface area (TPSA) is 83.8 Å². The van der Waals surface area contributed by atoms with Gasteiger partial charge in [0.05, 0.1) is 22.8 Å². The number of hydrogen-bond donors (Lipinski definition) is 0. The van der Waals surface area contributed by atoms with Crippen molar-refractivity contribution in [3.63, 3.8) is 0 Å². The molecule has 6 heterocycles. The van der Waals surface area contributed by atoms with E-state index in [0.29, 0.717) is 11.0 Å². The summed E-state index contributed by atoms with van der Waals surface area (Å²) in [6.45, 7) is 0. The maximum absolute atomic E-state index is 5.61. The molecule has 12 rings (SSSR count). The predicted molar refractivity (Wildman–Crippen MR) is 255 cm³/mol. The number of anilines is 6. The van der Waals surface area contributed by atoms with Crippen LogP contribution in [0, 0.1) is 0 Å². The lowest BCUT2D eigenvalue weighted by molar-refractivity contribution is 1.32. The number of pyridine rings is 2. The molecule has 0 bridgehead atoms. The molecule has 61 heavy (non-hydrogen) atoms. The highest BCUT2D eigenvalue weighted by Gasteiger charge is 2.27. The van der Waals surface area contributed by atoms with Gasteiger partial charge in [-0.15, -0.1) is 22.7 Å². The number of para-hydroxylation sites is 4. The van der Waals surface area contributed by atoms with Crippen LogP contribution in [0.4, 0.5) is 32.8 Å². The number of aromatic nitrogens is 6. The maximum Gasteiger partial charge on any atom is 0.118 e. The highest BCUT2D eigenvalue weighted by Crippen LogP contribution is 2.50. The van der Waals surface area contributed by atoms with Gasteiger partial charge in [-0.1, -0.05) is 84.9 Å². The summed E-state index contributed by atoms with van der Waals surface area (Å²) in [7, 11) is 0. The Morgan fingerprint density at radius 2 is 0.705 bits per heavy atom. The summed E-state index contributed by atoms with van der Waals surface area (Å²) < 4.78 is 10.1. The minimum atomic E-state index is 0.696. The summed E-state index contributed by atoms with van der Waals surface area (Å²) in [6.07, 6.45) is 3.64. The van der Waals surface area contributed by atoms with E-state index in [-0.39, 0.29) is 0 Å². The normalized spacial score (nSPS) is 11.6. The third kappa shape index (κ3) is 5.93. The molecule has 8 nitrogen and oxygen atoms in total. The van der Waals surface area contributed by atoms with Crippen LogP contribution in [-0.2, 0) is 0 Å². The molecular weight excluding hydrogens is 809 g/mol. The fourth-order valence-electron chi connectivity index (χ4n) is 8.22. The molecule has 0 amide bonds. The molecule has 0 unspecified atom stereocenters. The zero-order valence-corrected chi connectivity index (χ0v) is 34.6. The molecule has 288 valence electrons. The Labute approximate surface area is 361 Å². The van der Waals surface area contributed by atoms with Gasteiger partial charge >= 0.3 is 0 Å². The van der Waals surface area contributed by atoms with Crippen LogP contribution >= 0.6 is 34.4 Å². The van der Waals surface area contributed by atoms with Crippen LogP contribution in [0.2, 0.25) is 0 Å². The molecular formula is C50H30N8S3. The first-order valence-corrected chi connectivity index (χ1v) is 22.1. The second kappa shape index (κ2) is 14.7. The number of fused-ring (bicyclic) bond motifs is 8. The maximum atomic E-state index is 5.61. The van der Waals surface area contributed by atoms with Crippen LogP contribution in [0.3, 0.4) is 0 Å². The third-order valence-electron chi connectivity index (χ3n) is 10.9. The van der Waals surface area contributed by atoms with E-state index in [2.05, 4.69) is 143 Å². The summed E-state index contributed by atoms with van der Waals surface area (Å²) in [4.78, 5) is 27.7. The number of thiophene rings is 2. The first-order chi connectivity index (χ1) is 30.3. The van der Waals surface area contributed by atoms with Crippen molar-refractivity contribution in [2.45, 2.75) is 0 Å². The van der Waals surface area contributed by atoms with Gasteiger partial charge in [-0.25, -0.2) is 9.97 Å². The van der Waals surface area contributed by atoms with Crippen molar-refractivity contribution < 1.29 is 0 Å². The van der Waals surface area contributed by atoms with Gasteiger partial charge in [0.1, 0.15) is 43.1 Å². The van der Waals surface area contributed by atoms with E-state index in [9.17, 15) is 0 Å². The Morgan fingerprint density at radius 1 is 0.328 bits per heavy atom. The summed E-state index contributed by atoms with van der Waals surface area (Å²) in [5.41, 5.74) is 12.1. The first-order valence-electron chi connectivity index (χ1n) is 19.7. The van der Waals surface area contributed by atoms with Gasteiger partial charge in [0, 0.05) is 66.8 Å². The zero-order chi connectivity index (χ0) is 40.3. The van der Waals surface area contributed by atoms with Crippen LogP contribution in [0.1, 0.15) is 0 Å². The minimum Gasteiger partial charge on any atom is -0.302 e. The van der Waals surface area contributed by atoms with E-state index in [1.54, 1.807) is 22.7 Å². The van der Waals surface area contributed by atoms with Crippen molar-refractivity contribution in [1.82, 2.24) is 28.7 Å². The summed E-state index contributed by atoms with van der Waals surface area (Å²) in [5.74, 6) is 0. The quantitative estimate of drug-likeness (QED) is 0.110. The lowest BCUT2D eigenvalue weighted by atomic mass is 10.0. The molecule has 0 aliphatic carbocycles. The van der Waals surface area contributed by atoms with Crippen LogP contribution in [0.25, 0.3) is 75.8 Å². The zero-order valence-electron chi connectivity index (χ0n) is 32.1. The van der Waals surface area contributed by atoms with Gasteiger partial charge in [0.25, 0.3) is 0 Å². The van der Waals surface area contributed by atoms with E-state index in [1.807, 2.05) is 48.8 Å². The van der Waals surface area contributed by atoms with Crippen molar-refractivity contribution >= 4 is 122 Å². The molecule has 0 atom stereocenters. The van der Waals surface area contributed by atoms with E-state index in [0.717, 1.165) is 97.5 Å². The van der Waals surface area contributed by atoms with Crippen LogP contribution in [-0.4, -0.2) is 28.7 Å². The number of benzene rings is 6. The Hall–Kier alpha value is -7.44. The largest absolute Gasteiger partial charge is 0.302 e.